The Morgan fingerprint density at radius 1 is 1.44 bits per heavy atom. The summed E-state index contributed by atoms with van der Waals surface area (Å²) in [6.45, 7) is 6.79. The van der Waals surface area contributed by atoms with E-state index in [1.807, 2.05) is 11.7 Å². The Bertz CT molecular complexity index is 364. The molecule has 0 spiro atoms. The van der Waals surface area contributed by atoms with Crippen molar-refractivity contribution in [3.63, 3.8) is 0 Å². The third kappa shape index (κ3) is 3.80. The molecule has 1 N–H and O–H groups in total. The quantitative estimate of drug-likeness (QED) is 0.868. The van der Waals surface area contributed by atoms with E-state index in [-0.39, 0.29) is 0 Å². The highest BCUT2D eigenvalue weighted by Gasteiger charge is 2.15. The standard InChI is InChI=1S/C14H26N4/c1-11(2)9-13-16-14(18(3)17-13)7-6-12-5-4-8-15-10-12/h11-12,15H,4-10H2,1-3H3. The molecule has 102 valence electrons. The normalized spacial score (nSPS) is 20.6. The van der Waals surface area contributed by atoms with Crippen LogP contribution in [0.15, 0.2) is 0 Å². The predicted molar refractivity (Wildman–Crippen MR) is 73.5 cm³/mol. The minimum atomic E-state index is 0.628. The summed E-state index contributed by atoms with van der Waals surface area (Å²) in [4.78, 5) is 4.67. The molecular weight excluding hydrogens is 224 g/mol. The number of aromatic nitrogens is 3. The highest BCUT2D eigenvalue weighted by Crippen LogP contribution is 2.16. The highest BCUT2D eigenvalue weighted by molar-refractivity contribution is 4.94. The maximum atomic E-state index is 4.67. The van der Waals surface area contributed by atoms with Gasteiger partial charge in [0.1, 0.15) is 5.82 Å². The van der Waals surface area contributed by atoms with Crippen LogP contribution in [0, 0.1) is 11.8 Å². The first-order chi connectivity index (χ1) is 8.65. The summed E-state index contributed by atoms with van der Waals surface area (Å²) in [5.41, 5.74) is 0. The van der Waals surface area contributed by atoms with Gasteiger partial charge in [0, 0.05) is 19.9 Å². The van der Waals surface area contributed by atoms with E-state index in [1.165, 1.54) is 32.4 Å². The van der Waals surface area contributed by atoms with Crippen LogP contribution >= 0.6 is 0 Å². The minimum absolute atomic E-state index is 0.628. The molecule has 1 aliphatic rings. The second-order valence-corrected chi connectivity index (χ2v) is 5.92. The summed E-state index contributed by atoms with van der Waals surface area (Å²) in [6.07, 6.45) is 5.97. The van der Waals surface area contributed by atoms with E-state index < -0.39 is 0 Å². The van der Waals surface area contributed by atoms with Crippen LogP contribution in [0.2, 0.25) is 0 Å². The van der Waals surface area contributed by atoms with Gasteiger partial charge in [0.15, 0.2) is 5.82 Å². The molecule has 0 aromatic carbocycles. The van der Waals surface area contributed by atoms with E-state index in [1.54, 1.807) is 0 Å². The monoisotopic (exact) mass is 250 g/mol. The topological polar surface area (TPSA) is 42.7 Å². The molecule has 1 atom stereocenters. The van der Waals surface area contributed by atoms with Crippen molar-refractivity contribution in [3.8, 4) is 0 Å². The van der Waals surface area contributed by atoms with Gasteiger partial charge in [-0.2, -0.15) is 5.10 Å². The number of aryl methyl sites for hydroxylation is 2. The van der Waals surface area contributed by atoms with E-state index >= 15 is 0 Å². The molecule has 0 saturated carbocycles. The largest absolute Gasteiger partial charge is 0.316 e. The summed E-state index contributed by atoms with van der Waals surface area (Å²) < 4.78 is 1.97. The molecule has 1 aromatic heterocycles. The van der Waals surface area contributed by atoms with Crippen LogP contribution < -0.4 is 5.32 Å². The van der Waals surface area contributed by atoms with Crippen molar-refractivity contribution in [1.29, 1.82) is 0 Å². The zero-order valence-corrected chi connectivity index (χ0v) is 11.9. The number of nitrogens with zero attached hydrogens (tertiary/aromatic N) is 3. The summed E-state index contributed by atoms with van der Waals surface area (Å²) >= 11 is 0. The van der Waals surface area contributed by atoms with Gasteiger partial charge in [-0.1, -0.05) is 13.8 Å². The van der Waals surface area contributed by atoms with Crippen molar-refractivity contribution >= 4 is 0 Å². The van der Waals surface area contributed by atoms with Crippen LogP contribution in [0.25, 0.3) is 0 Å². The second-order valence-electron chi connectivity index (χ2n) is 5.92. The highest BCUT2D eigenvalue weighted by atomic mass is 15.3. The lowest BCUT2D eigenvalue weighted by molar-refractivity contribution is 0.354. The van der Waals surface area contributed by atoms with Crippen molar-refractivity contribution in [1.82, 2.24) is 20.1 Å². The van der Waals surface area contributed by atoms with Gasteiger partial charge in [0.05, 0.1) is 0 Å². The van der Waals surface area contributed by atoms with Gasteiger partial charge >= 0.3 is 0 Å². The summed E-state index contributed by atoms with van der Waals surface area (Å²) in [6, 6.07) is 0. The zero-order chi connectivity index (χ0) is 13.0. The number of piperidine rings is 1. The third-order valence-corrected chi connectivity index (χ3v) is 3.66. The zero-order valence-electron chi connectivity index (χ0n) is 11.9. The average Bonchev–Trinajstić information content (AvgIpc) is 2.67. The smallest absolute Gasteiger partial charge is 0.151 e. The van der Waals surface area contributed by atoms with Gasteiger partial charge < -0.3 is 5.32 Å². The molecule has 1 aliphatic heterocycles. The Hall–Kier alpha value is -0.900. The molecule has 1 unspecified atom stereocenters. The van der Waals surface area contributed by atoms with E-state index in [2.05, 4.69) is 29.2 Å². The van der Waals surface area contributed by atoms with Crippen LogP contribution in [-0.2, 0) is 19.9 Å². The van der Waals surface area contributed by atoms with Gasteiger partial charge in [0.2, 0.25) is 0 Å². The Labute approximate surface area is 110 Å². The SMILES string of the molecule is CC(C)Cc1nc(CCC2CCCNC2)n(C)n1. The van der Waals surface area contributed by atoms with Crippen molar-refractivity contribution in [3.05, 3.63) is 11.6 Å². The molecular formula is C14H26N4. The van der Waals surface area contributed by atoms with Crippen LogP contribution in [0.1, 0.15) is 44.8 Å². The second kappa shape index (κ2) is 6.32. The minimum Gasteiger partial charge on any atom is -0.316 e. The first-order valence-corrected chi connectivity index (χ1v) is 7.24. The third-order valence-electron chi connectivity index (χ3n) is 3.66. The molecule has 4 nitrogen and oxygen atoms in total. The fourth-order valence-corrected chi connectivity index (χ4v) is 2.65. The Kier molecular flexibility index (Phi) is 4.75. The first kappa shape index (κ1) is 13.5. The van der Waals surface area contributed by atoms with Crippen molar-refractivity contribution in [2.75, 3.05) is 13.1 Å². The molecule has 1 saturated heterocycles. The summed E-state index contributed by atoms with van der Waals surface area (Å²) in [5.74, 6) is 3.60. The van der Waals surface area contributed by atoms with E-state index in [4.69, 9.17) is 0 Å². The number of hydrogen-bond acceptors (Lipinski definition) is 3. The fourth-order valence-electron chi connectivity index (χ4n) is 2.65. The molecule has 18 heavy (non-hydrogen) atoms. The Morgan fingerprint density at radius 2 is 2.28 bits per heavy atom. The van der Waals surface area contributed by atoms with Gasteiger partial charge in [-0.25, -0.2) is 4.98 Å². The predicted octanol–water partition coefficient (Wildman–Crippen LogP) is 1.95. The van der Waals surface area contributed by atoms with Gasteiger partial charge in [-0.3, -0.25) is 4.68 Å². The maximum Gasteiger partial charge on any atom is 0.151 e. The van der Waals surface area contributed by atoms with Gasteiger partial charge in [-0.05, 0) is 44.2 Å². The van der Waals surface area contributed by atoms with E-state index in [0.717, 1.165) is 30.4 Å². The van der Waals surface area contributed by atoms with Crippen molar-refractivity contribution < 1.29 is 0 Å². The first-order valence-electron chi connectivity index (χ1n) is 7.24. The maximum absolute atomic E-state index is 4.67. The van der Waals surface area contributed by atoms with Crippen LogP contribution in [0.5, 0.6) is 0 Å². The van der Waals surface area contributed by atoms with Crippen LogP contribution in [0.4, 0.5) is 0 Å². The Morgan fingerprint density at radius 3 is 2.94 bits per heavy atom. The molecule has 4 heteroatoms. The van der Waals surface area contributed by atoms with Crippen molar-refractivity contribution in [2.45, 2.75) is 46.0 Å². The molecule has 0 aliphatic carbocycles. The van der Waals surface area contributed by atoms with Crippen LogP contribution in [-0.4, -0.2) is 27.9 Å². The lowest BCUT2D eigenvalue weighted by atomic mass is 9.94. The molecule has 0 bridgehead atoms. The van der Waals surface area contributed by atoms with Gasteiger partial charge in [-0.15, -0.1) is 0 Å². The van der Waals surface area contributed by atoms with Crippen LogP contribution in [0.3, 0.4) is 0 Å². The molecule has 2 heterocycles. The van der Waals surface area contributed by atoms with E-state index in [0.29, 0.717) is 5.92 Å². The van der Waals surface area contributed by atoms with Gasteiger partial charge in [0.25, 0.3) is 0 Å². The molecule has 0 amide bonds. The molecule has 1 fully saturated rings. The lowest BCUT2D eigenvalue weighted by Gasteiger charge is -2.22. The molecule has 0 radical (unpaired) electrons. The molecule has 1 aromatic rings. The number of rotatable bonds is 5. The van der Waals surface area contributed by atoms with Crippen molar-refractivity contribution in [2.24, 2.45) is 18.9 Å². The average molecular weight is 250 g/mol. The number of nitrogens with one attached hydrogen (secondary N) is 1. The van der Waals surface area contributed by atoms with E-state index in [9.17, 15) is 0 Å². The number of hydrogen-bond donors (Lipinski definition) is 1. The Balaban J connectivity index is 1.86. The lowest BCUT2D eigenvalue weighted by Crippen LogP contribution is -2.30. The summed E-state index contributed by atoms with van der Waals surface area (Å²) in [7, 11) is 2.02. The summed E-state index contributed by atoms with van der Waals surface area (Å²) in [5, 5.41) is 7.98. The molecule has 2 rings (SSSR count). The fraction of sp³-hybridized carbons (Fsp3) is 0.857.